The van der Waals surface area contributed by atoms with Gasteiger partial charge in [-0.1, -0.05) is 12.2 Å². The quantitative estimate of drug-likeness (QED) is 0.602. The Bertz CT molecular complexity index is 785. The molecule has 0 spiro atoms. The van der Waals surface area contributed by atoms with Gasteiger partial charge in [-0.25, -0.2) is 0 Å². The second kappa shape index (κ2) is 8.37. The van der Waals surface area contributed by atoms with Gasteiger partial charge in [0.2, 0.25) is 17.7 Å². The molecule has 2 atom stereocenters. The zero-order valence-electron chi connectivity index (χ0n) is 16.2. The molecule has 1 heterocycles. The number of benzene rings is 1. The molecule has 0 radical (unpaired) electrons. The fourth-order valence-corrected chi connectivity index (χ4v) is 3.76. The molecule has 2 aliphatic rings. The van der Waals surface area contributed by atoms with Crippen molar-refractivity contribution in [3.8, 4) is 0 Å². The Hall–Kier alpha value is -2.96. The number of amides is 4. The molecule has 1 fully saturated rings. The Morgan fingerprint density at radius 2 is 1.54 bits per heavy atom. The summed E-state index contributed by atoms with van der Waals surface area (Å²) in [4.78, 5) is 52.3. The summed E-state index contributed by atoms with van der Waals surface area (Å²) < 4.78 is 0. The molecule has 0 bridgehead atoms. The third-order valence-electron chi connectivity index (χ3n) is 5.37. The van der Waals surface area contributed by atoms with Crippen molar-refractivity contribution in [3.05, 3.63) is 42.0 Å². The summed E-state index contributed by atoms with van der Waals surface area (Å²) in [7, 11) is 0. The van der Waals surface area contributed by atoms with Crippen molar-refractivity contribution in [1.82, 2.24) is 9.80 Å². The summed E-state index contributed by atoms with van der Waals surface area (Å²) in [6, 6.07) is 6.60. The predicted molar refractivity (Wildman–Crippen MR) is 104 cm³/mol. The highest BCUT2D eigenvalue weighted by molar-refractivity contribution is 6.09. The summed E-state index contributed by atoms with van der Waals surface area (Å²) >= 11 is 0. The largest absolute Gasteiger partial charge is 0.339 e. The van der Waals surface area contributed by atoms with Crippen LogP contribution in [-0.2, 0) is 14.4 Å². The maximum absolute atomic E-state index is 12.4. The van der Waals surface area contributed by atoms with E-state index in [2.05, 4.69) is 5.32 Å². The van der Waals surface area contributed by atoms with Crippen molar-refractivity contribution in [2.75, 3.05) is 25.0 Å². The van der Waals surface area contributed by atoms with Crippen LogP contribution >= 0.6 is 0 Å². The Morgan fingerprint density at radius 1 is 1.00 bits per heavy atom. The van der Waals surface area contributed by atoms with E-state index in [1.807, 2.05) is 26.0 Å². The third-order valence-corrected chi connectivity index (χ3v) is 5.37. The summed E-state index contributed by atoms with van der Waals surface area (Å²) in [5.74, 6) is -1.71. The van der Waals surface area contributed by atoms with Crippen LogP contribution in [-0.4, -0.2) is 53.1 Å². The minimum Gasteiger partial charge on any atom is -0.339 e. The zero-order valence-corrected chi connectivity index (χ0v) is 16.2. The number of likely N-dealkylation sites (tertiary alicyclic amines) is 1. The van der Waals surface area contributed by atoms with Gasteiger partial charge in [-0.05, 0) is 51.0 Å². The maximum Gasteiger partial charge on any atom is 0.253 e. The average molecular weight is 383 g/mol. The lowest BCUT2D eigenvalue weighted by molar-refractivity contribution is -0.142. The van der Waals surface area contributed by atoms with Crippen molar-refractivity contribution in [3.63, 3.8) is 0 Å². The molecule has 1 aromatic rings. The van der Waals surface area contributed by atoms with E-state index < -0.39 is 5.91 Å². The molecule has 7 heteroatoms. The maximum atomic E-state index is 12.4. The number of nitrogens with one attached hydrogen (secondary N) is 1. The molecular weight excluding hydrogens is 358 g/mol. The second-order valence-electron chi connectivity index (χ2n) is 7.02. The Kier molecular flexibility index (Phi) is 5.92. The number of rotatable bonds is 6. The summed E-state index contributed by atoms with van der Waals surface area (Å²) in [6.07, 6.45) is 4.93. The van der Waals surface area contributed by atoms with Crippen molar-refractivity contribution in [2.24, 2.45) is 11.8 Å². The van der Waals surface area contributed by atoms with Crippen LogP contribution in [0, 0.1) is 11.8 Å². The lowest BCUT2D eigenvalue weighted by Crippen LogP contribution is -2.38. The third kappa shape index (κ3) is 3.83. The van der Waals surface area contributed by atoms with E-state index in [1.54, 1.807) is 29.2 Å². The van der Waals surface area contributed by atoms with Gasteiger partial charge in [0.1, 0.15) is 6.54 Å². The SMILES string of the molecule is CCN(CC)C(=O)c1ccc(NC(=O)CN2C(=O)[C@@H]3CC=CC[C@H]3C2=O)cc1. The van der Waals surface area contributed by atoms with Crippen molar-refractivity contribution < 1.29 is 19.2 Å². The van der Waals surface area contributed by atoms with E-state index >= 15 is 0 Å². The van der Waals surface area contributed by atoms with E-state index in [0.29, 0.717) is 37.2 Å². The normalized spacial score (nSPS) is 20.9. The topological polar surface area (TPSA) is 86.8 Å². The average Bonchev–Trinajstić information content (AvgIpc) is 2.94. The number of nitrogens with zero attached hydrogens (tertiary/aromatic N) is 2. The van der Waals surface area contributed by atoms with Crippen LogP contribution < -0.4 is 5.32 Å². The van der Waals surface area contributed by atoms with E-state index in [4.69, 9.17) is 0 Å². The highest BCUT2D eigenvalue weighted by Crippen LogP contribution is 2.34. The second-order valence-corrected chi connectivity index (χ2v) is 7.02. The Morgan fingerprint density at radius 3 is 2.04 bits per heavy atom. The van der Waals surface area contributed by atoms with Crippen LogP contribution in [0.5, 0.6) is 0 Å². The van der Waals surface area contributed by atoms with E-state index in [0.717, 1.165) is 4.90 Å². The van der Waals surface area contributed by atoms with Crippen LogP contribution in [0.2, 0.25) is 0 Å². The molecule has 28 heavy (non-hydrogen) atoms. The number of anilines is 1. The Balaban J connectivity index is 1.60. The van der Waals surface area contributed by atoms with Crippen molar-refractivity contribution in [2.45, 2.75) is 26.7 Å². The van der Waals surface area contributed by atoms with E-state index in [-0.39, 0.29) is 36.1 Å². The number of hydrogen-bond donors (Lipinski definition) is 1. The van der Waals surface area contributed by atoms with Gasteiger partial charge < -0.3 is 10.2 Å². The zero-order chi connectivity index (χ0) is 20.3. The van der Waals surface area contributed by atoms with Crippen LogP contribution in [0.1, 0.15) is 37.0 Å². The van der Waals surface area contributed by atoms with Gasteiger partial charge >= 0.3 is 0 Å². The van der Waals surface area contributed by atoms with Crippen LogP contribution in [0.25, 0.3) is 0 Å². The first-order valence-corrected chi connectivity index (χ1v) is 9.65. The molecule has 1 aromatic carbocycles. The highest BCUT2D eigenvalue weighted by Gasteiger charge is 2.47. The number of allylic oxidation sites excluding steroid dienone is 2. The van der Waals surface area contributed by atoms with Gasteiger partial charge in [0.25, 0.3) is 5.91 Å². The molecule has 7 nitrogen and oxygen atoms in total. The standard InChI is InChI=1S/C21H25N3O4/c1-3-23(4-2)19(26)14-9-11-15(12-10-14)22-18(25)13-24-20(27)16-7-5-6-8-17(16)21(24)28/h5-6,9-12,16-17H,3-4,7-8,13H2,1-2H3,(H,22,25)/t16-,17-/m1/s1. The van der Waals surface area contributed by atoms with Crippen LogP contribution in [0.3, 0.4) is 0 Å². The fraction of sp³-hybridized carbons (Fsp3) is 0.429. The summed E-state index contributed by atoms with van der Waals surface area (Å²) in [5.41, 5.74) is 1.06. The monoisotopic (exact) mass is 383 g/mol. The molecule has 1 N–H and O–H groups in total. The first-order valence-electron chi connectivity index (χ1n) is 9.65. The molecule has 1 saturated heterocycles. The summed E-state index contributed by atoms with van der Waals surface area (Å²) in [5, 5.41) is 2.69. The molecule has 3 rings (SSSR count). The molecule has 0 unspecified atom stereocenters. The minimum atomic E-state index is -0.434. The lowest BCUT2D eigenvalue weighted by atomic mass is 9.85. The lowest BCUT2D eigenvalue weighted by Gasteiger charge is -2.18. The van der Waals surface area contributed by atoms with Gasteiger partial charge in [0.15, 0.2) is 0 Å². The van der Waals surface area contributed by atoms with Crippen molar-refractivity contribution in [1.29, 1.82) is 0 Å². The van der Waals surface area contributed by atoms with Crippen molar-refractivity contribution >= 4 is 29.3 Å². The first-order chi connectivity index (χ1) is 13.5. The number of carbonyl (C=O) groups is 4. The molecule has 1 aliphatic carbocycles. The number of hydrogen-bond acceptors (Lipinski definition) is 4. The highest BCUT2D eigenvalue weighted by atomic mass is 16.2. The predicted octanol–water partition coefficient (Wildman–Crippen LogP) is 2.06. The number of fused-ring (bicyclic) bond motifs is 1. The molecule has 1 aliphatic heterocycles. The Labute approximate surface area is 164 Å². The van der Waals surface area contributed by atoms with Gasteiger partial charge in [-0.15, -0.1) is 0 Å². The van der Waals surface area contributed by atoms with E-state index in [9.17, 15) is 19.2 Å². The fourth-order valence-electron chi connectivity index (χ4n) is 3.76. The molecule has 4 amide bonds. The molecule has 0 saturated carbocycles. The number of imide groups is 1. The van der Waals surface area contributed by atoms with Gasteiger partial charge in [-0.3, -0.25) is 24.1 Å². The van der Waals surface area contributed by atoms with Gasteiger partial charge in [0, 0.05) is 24.3 Å². The molecule has 148 valence electrons. The molecule has 0 aromatic heterocycles. The minimum absolute atomic E-state index is 0.0626. The first kappa shape index (κ1) is 19.8. The van der Waals surface area contributed by atoms with Gasteiger partial charge in [-0.2, -0.15) is 0 Å². The molecular formula is C21H25N3O4. The van der Waals surface area contributed by atoms with Gasteiger partial charge in [0.05, 0.1) is 11.8 Å². The number of carbonyl (C=O) groups excluding carboxylic acids is 4. The smallest absolute Gasteiger partial charge is 0.253 e. The van der Waals surface area contributed by atoms with Crippen LogP contribution in [0.15, 0.2) is 36.4 Å². The van der Waals surface area contributed by atoms with Crippen LogP contribution in [0.4, 0.5) is 5.69 Å². The van der Waals surface area contributed by atoms with E-state index in [1.165, 1.54) is 0 Å². The summed E-state index contributed by atoms with van der Waals surface area (Å²) in [6.45, 7) is 4.81.